The second kappa shape index (κ2) is 5.47. The van der Waals surface area contributed by atoms with Crippen molar-refractivity contribution in [3.05, 3.63) is 47.5 Å². The van der Waals surface area contributed by atoms with Gasteiger partial charge in [0.15, 0.2) is 11.5 Å². The largest absolute Gasteiger partial charge is 0.492 e. The fourth-order valence-corrected chi connectivity index (χ4v) is 4.85. The Morgan fingerprint density at radius 3 is 2.71 bits per heavy atom. The van der Waals surface area contributed by atoms with Crippen LogP contribution in [0.5, 0.6) is 17.2 Å². The average Bonchev–Trinajstić information content (AvgIpc) is 3.44. The lowest BCUT2D eigenvalue weighted by Gasteiger charge is -2.26. The summed E-state index contributed by atoms with van der Waals surface area (Å²) in [6.45, 7) is 2.86. The van der Waals surface area contributed by atoms with Crippen molar-refractivity contribution in [1.82, 2.24) is 4.90 Å². The van der Waals surface area contributed by atoms with E-state index in [-0.39, 0.29) is 24.4 Å². The smallest absolute Gasteiger partial charge is 0.410 e. The van der Waals surface area contributed by atoms with Crippen LogP contribution in [0.3, 0.4) is 0 Å². The second-order valence-electron chi connectivity index (χ2n) is 7.86. The molecule has 0 aromatic heterocycles. The maximum Gasteiger partial charge on any atom is 0.410 e. The highest BCUT2D eigenvalue weighted by Crippen LogP contribution is 2.54. The molecule has 1 fully saturated rings. The molecule has 2 aromatic rings. The Bertz CT molecular complexity index is 993. The third kappa shape index (κ3) is 2.07. The Balaban J connectivity index is 1.39. The fraction of sp³-hybridized carbons (Fsp3) is 0.381. The number of amides is 1. The molecule has 0 bridgehead atoms. The van der Waals surface area contributed by atoms with Gasteiger partial charge in [-0.05, 0) is 17.7 Å². The highest BCUT2D eigenvalue weighted by molar-refractivity contribution is 5.72. The van der Waals surface area contributed by atoms with Crippen molar-refractivity contribution in [2.45, 2.75) is 11.5 Å². The number of hydrogen-bond donors (Lipinski definition) is 0. The van der Waals surface area contributed by atoms with Crippen molar-refractivity contribution >= 4 is 11.8 Å². The standard InChI is InChI=1S/C21H20N2O5/c1-22-8-13(28-20(22)24)9-23-10-21(14-4-2-3-5-16(14)23)11-25-17-7-19-18(6-15(17)21)26-12-27-19/h2-7,13H,8-12H2,1H3. The Labute approximate surface area is 162 Å². The van der Waals surface area contributed by atoms with Crippen LogP contribution in [-0.2, 0) is 10.2 Å². The molecule has 0 N–H and O–H groups in total. The summed E-state index contributed by atoms with van der Waals surface area (Å²) in [5, 5.41) is 0. The van der Waals surface area contributed by atoms with Gasteiger partial charge in [0.05, 0.1) is 18.5 Å². The van der Waals surface area contributed by atoms with E-state index < -0.39 is 0 Å². The topological polar surface area (TPSA) is 60.5 Å². The van der Waals surface area contributed by atoms with Gasteiger partial charge < -0.3 is 28.7 Å². The van der Waals surface area contributed by atoms with Crippen LogP contribution in [-0.4, -0.2) is 57.2 Å². The fourth-order valence-electron chi connectivity index (χ4n) is 4.85. The highest BCUT2D eigenvalue weighted by Gasteiger charge is 2.51. The second-order valence-corrected chi connectivity index (χ2v) is 7.86. The van der Waals surface area contributed by atoms with E-state index in [0.717, 1.165) is 29.4 Å². The van der Waals surface area contributed by atoms with Crippen LogP contribution in [0.2, 0.25) is 0 Å². The Hall–Kier alpha value is -3.09. The minimum absolute atomic E-state index is 0.140. The van der Waals surface area contributed by atoms with Crippen molar-refractivity contribution in [3.63, 3.8) is 0 Å². The Morgan fingerprint density at radius 2 is 1.89 bits per heavy atom. The number of nitrogens with zero attached hydrogens (tertiary/aromatic N) is 2. The molecule has 2 aromatic carbocycles. The molecule has 144 valence electrons. The zero-order valence-corrected chi connectivity index (χ0v) is 15.5. The van der Waals surface area contributed by atoms with Crippen LogP contribution in [0.25, 0.3) is 0 Å². The van der Waals surface area contributed by atoms with E-state index in [1.165, 1.54) is 11.3 Å². The normalized spacial score (nSPS) is 26.5. The lowest BCUT2D eigenvalue weighted by Crippen LogP contribution is -2.40. The number of carbonyl (C=O) groups is 1. The van der Waals surface area contributed by atoms with Gasteiger partial charge in [0.2, 0.25) is 6.79 Å². The molecule has 6 rings (SSSR count). The van der Waals surface area contributed by atoms with Gasteiger partial charge in [-0.15, -0.1) is 0 Å². The zero-order chi connectivity index (χ0) is 18.9. The maximum atomic E-state index is 11.8. The van der Waals surface area contributed by atoms with Gasteiger partial charge in [-0.25, -0.2) is 4.79 Å². The molecule has 1 amide bonds. The van der Waals surface area contributed by atoms with Gasteiger partial charge in [0.1, 0.15) is 18.5 Å². The van der Waals surface area contributed by atoms with Crippen molar-refractivity contribution in [2.24, 2.45) is 0 Å². The number of para-hydroxylation sites is 1. The molecule has 7 nitrogen and oxygen atoms in total. The third-order valence-electron chi connectivity index (χ3n) is 6.17. The SMILES string of the molecule is CN1CC(CN2CC3(COc4cc5c(cc43)OCO5)c3ccccc32)OC1=O. The average molecular weight is 380 g/mol. The number of likely N-dealkylation sites (N-methyl/N-ethyl adjacent to an activating group) is 1. The first-order valence-corrected chi connectivity index (χ1v) is 9.47. The minimum Gasteiger partial charge on any atom is -0.492 e. The van der Waals surface area contributed by atoms with Crippen molar-refractivity contribution in [3.8, 4) is 17.2 Å². The first kappa shape index (κ1) is 15.9. The summed E-state index contributed by atoms with van der Waals surface area (Å²) < 4.78 is 22.8. The summed E-state index contributed by atoms with van der Waals surface area (Å²) in [5.41, 5.74) is 3.28. The van der Waals surface area contributed by atoms with E-state index in [0.29, 0.717) is 19.7 Å². The number of anilines is 1. The number of carbonyl (C=O) groups excluding carboxylic acids is 1. The molecule has 1 saturated heterocycles. The lowest BCUT2D eigenvalue weighted by molar-refractivity contribution is 0.136. The molecule has 4 aliphatic rings. The number of fused-ring (bicyclic) bond motifs is 5. The summed E-state index contributed by atoms with van der Waals surface area (Å²) in [7, 11) is 1.77. The first-order valence-electron chi connectivity index (χ1n) is 9.47. The van der Waals surface area contributed by atoms with Gasteiger partial charge in [-0.2, -0.15) is 0 Å². The Morgan fingerprint density at radius 1 is 1.07 bits per heavy atom. The molecular formula is C21H20N2O5. The molecule has 28 heavy (non-hydrogen) atoms. The van der Waals surface area contributed by atoms with Crippen LogP contribution in [0.4, 0.5) is 10.5 Å². The van der Waals surface area contributed by atoms with E-state index in [2.05, 4.69) is 29.2 Å². The maximum absolute atomic E-state index is 11.8. The van der Waals surface area contributed by atoms with Gasteiger partial charge in [-0.1, -0.05) is 18.2 Å². The van der Waals surface area contributed by atoms with E-state index in [4.69, 9.17) is 18.9 Å². The van der Waals surface area contributed by atoms with Crippen LogP contribution in [0, 0.1) is 0 Å². The summed E-state index contributed by atoms with van der Waals surface area (Å²) in [6.07, 6.45) is -0.395. The van der Waals surface area contributed by atoms with Gasteiger partial charge >= 0.3 is 6.09 Å². The molecule has 0 radical (unpaired) electrons. The van der Waals surface area contributed by atoms with Crippen LogP contribution >= 0.6 is 0 Å². The van der Waals surface area contributed by atoms with Crippen molar-refractivity contribution in [2.75, 3.05) is 45.0 Å². The van der Waals surface area contributed by atoms with Crippen LogP contribution < -0.4 is 19.1 Å². The molecule has 0 saturated carbocycles. The third-order valence-corrected chi connectivity index (χ3v) is 6.17. The lowest BCUT2D eigenvalue weighted by atomic mass is 9.77. The number of rotatable bonds is 2. The summed E-state index contributed by atoms with van der Waals surface area (Å²) in [5.74, 6) is 2.36. The monoisotopic (exact) mass is 380 g/mol. The zero-order valence-electron chi connectivity index (χ0n) is 15.5. The number of cyclic esters (lactones) is 1. The molecule has 2 unspecified atom stereocenters. The van der Waals surface area contributed by atoms with E-state index in [1.807, 2.05) is 12.1 Å². The van der Waals surface area contributed by atoms with Crippen LogP contribution in [0.15, 0.2) is 36.4 Å². The first-order chi connectivity index (χ1) is 13.6. The molecular weight excluding hydrogens is 360 g/mol. The molecule has 4 aliphatic heterocycles. The van der Waals surface area contributed by atoms with Crippen LogP contribution in [0.1, 0.15) is 11.1 Å². The van der Waals surface area contributed by atoms with E-state index in [1.54, 1.807) is 11.9 Å². The molecule has 1 spiro atoms. The van der Waals surface area contributed by atoms with Crippen molar-refractivity contribution < 1.29 is 23.7 Å². The Kier molecular flexibility index (Phi) is 3.11. The van der Waals surface area contributed by atoms with Gasteiger partial charge in [-0.3, -0.25) is 0 Å². The molecule has 4 heterocycles. The predicted octanol–water partition coefficient (Wildman–Crippen LogP) is 2.36. The number of hydrogen-bond acceptors (Lipinski definition) is 6. The van der Waals surface area contributed by atoms with Gasteiger partial charge in [0.25, 0.3) is 0 Å². The van der Waals surface area contributed by atoms with E-state index in [9.17, 15) is 4.79 Å². The number of benzene rings is 2. The highest BCUT2D eigenvalue weighted by atomic mass is 16.7. The number of ether oxygens (including phenoxy) is 4. The summed E-state index contributed by atoms with van der Waals surface area (Å²) in [6, 6.07) is 12.4. The van der Waals surface area contributed by atoms with Crippen molar-refractivity contribution in [1.29, 1.82) is 0 Å². The minimum atomic E-state index is -0.262. The predicted molar refractivity (Wildman–Crippen MR) is 100 cm³/mol. The quantitative estimate of drug-likeness (QED) is 0.797. The molecule has 2 atom stereocenters. The molecule has 0 aliphatic carbocycles. The molecule has 7 heteroatoms. The van der Waals surface area contributed by atoms with E-state index >= 15 is 0 Å². The van der Waals surface area contributed by atoms with Gasteiger partial charge in [0, 0.05) is 30.9 Å². The summed E-state index contributed by atoms with van der Waals surface area (Å²) in [4.78, 5) is 15.7. The summed E-state index contributed by atoms with van der Waals surface area (Å²) >= 11 is 0.